The quantitative estimate of drug-likeness (QED) is 0.746. The molecule has 0 spiro atoms. The first kappa shape index (κ1) is 13.3. The molecule has 0 atom stereocenters. The first-order chi connectivity index (χ1) is 7.08. The van der Waals surface area contributed by atoms with Crippen LogP contribution in [0.2, 0.25) is 0 Å². The van der Waals surface area contributed by atoms with Gasteiger partial charge in [-0.15, -0.1) is 0 Å². The predicted octanol–water partition coefficient (Wildman–Crippen LogP) is 1.99. The van der Waals surface area contributed by atoms with Crippen molar-refractivity contribution < 1.29 is 9.53 Å². The van der Waals surface area contributed by atoms with E-state index in [9.17, 15) is 4.79 Å². The predicted molar refractivity (Wildman–Crippen MR) is 64.5 cm³/mol. The zero-order valence-corrected chi connectivity index (χ0v) is 11.3. The lowest BCUT2D eigenvalue weighted by Crippen LogP contribution is -2.64. The van der Waals surface area contributed by atoms with Gasteiger partial charge >= 0.3 is 6.09 Å². The number of carbonyl (C=O) groups is 1. The molecule has 0 aromatic carbocycles. The molecule has 0 aromatic heterocycles. The van der Waals surface area contributed by atoms with Crippen LogP contribution < -0.4 is 5.32 Å². The minimum atomic E-state index is -0.419. The topological polar surface area (TPSA) is 41.6 Å². The van der Waals surface area contributed by atoms with Crippen molar-refractivity contribution in [3.8, 4) is 0 Å². The standard InChI is InChI=1S/C12H24N2O2/c1-11(2,3)14-7-9(8-14)13-10(15)16-12(4,5)6/h9H,7-8H2,1-6H3,(H,13,15). The molecular formula is C12H24N2O2. The lowest BCUT2D eigenvalue weighted by molar-refractivity contribution is 0.0160. The molecule has 1 aliphatic rings. The minimum absolute atomic E-state index is 0.187. The number of hydrogen-bond acceptors (Lipinski definition) is 3. The lowest BCUT2D eigenvalue weighted by Gasteiger charge is -2.47. The Bertz CT molecular complexity index is 257. The molecule has 94 valence electrons. The van der Waals surface area contributed by atoms with Crippen LogP contribution in [0.25, 0.3) is 0 Å². The van der Waals surface area contributed by atoms with Gasteiger partial charge in [-0.2, -0.15) is 0 Å². The number of amides is 1. The molecule has 1 aliphatic heterocycles. The SMILES string of the molecule is CC(C)(C)OC(=O)NC1CN(C(C)(C)C)C1. The minimum Gasteiger partial charge on any atom is -0.444 e. The Labute approximate surface area is 98.3 Å². The smallest absolute Gasteiger partial charge is 0.407 e. The molecule has 0 unspecified atom stereocenters. The highest BCUT2D eigenvalue weighted by molar-refractivity contribution is 5.68. The Balaban J connectivity index is 2.25. The fourth-order valence-corrected chi connectivity index (χ4v) is 1.59. The molecule has 1 saturated heterocycles. The van der Waals surface area contributed by atoms with E-state index in [1.807, 2.05) is 20.8 Å². The monoisotopic (exact) mass is 228 g/mol. The van der Waals surface area contributed by atoms with E-state index >= 15 is 0 Å². The highest BCUT2D eigenvalue weighted by Crippen LogP contribution is 2.21. The third-order valence-corrected chi connectivity index (χ3v) is 2.55. The molecule has 0 saturated carbocycles. The number of carbonyl (C=O) groups excluding carboxylic acids is 1. The van der Waals surface area contributed by atoms with Crippen molar-refractivity contribution in [2.75, 3.05) is 13.1 Å². The average molecular weight is 228 g/mol. The number of nitrogens with zero attached hydrogens (tertiary/aromatic N) is 1. The molecule has 1 amide bonds. The van der Waals surface area contributed by atoms with Crippen molar-refractivity contribution in [2.45, 2.75) is 58.7 Å². The maximum Gasteiger partial charge on any atom is 0.407 e. The van der Waals surface area contributed by atoms with E-state index in [2.05, 4.69) is 31.0 Å². The summed E-state index contributed by atoms with van der Waals surface area (Å²) in [5, 5.41) is 2.87. The van der Waals surface area contributed by atoms with Crippen molar-refractivity contribution >= 4 is 6.09 Å². The first-order valence-corrected chi connectivity index (χ1v) is 5.82. The second-order valence-corrected chi connectivity index (χ2v) is 6.42. The van der Waals surface area contributed by atoms with Crippen molar-refractivity contribution in [1.29, 1.82) is 0 Å². The van der Waals surface area contributed by atoms with Crippen LogP contribution >= 0.6 is 0 Å². The van der Waals surface area contributed by atoms with E-state index in [-0.39, 0.29) is 17.7 Å². The number of nitrogens with one attached hydrogen (secondary N) is 1. The summed E-state index contributed by atoms with van der Waals surface area (Å²) in [5.41, 5.74) is -0.232. The summed E-state index contributed by atoms with van der Waals surface area (Å²) in [6.07, 6.45) is -0.314. The van der Waals surface area contributed by atoms with Gasteiger partial charge in [-0.05, 0) is 41.5 Å². The summed E-state index contributed by atoms with van der Waals surface area (Å²) in [6, 6.07) is 0.231. The van der Waals surface area contributed by atoms with Gasteiger partial charge in [0.05, 0.1) is 6.04 Å². The summed E-state index contributed by atoms with van der Waals surface area (Å²) < 4.78 is 5.20. The van der Waals surface area contributed by atoms with Crippen LogP contribution in [0.5, 0.6) is 0 Å². The highest BCUT2D eigenvalue weighted by Gasteiger charge is 2.35. The number of alkyl carbamates (subject to hydrolysis) is 1. The van der Waals surface area contributed by atoms with E-state index in [4.69, 9.17) is 4.74 Å². The van der Waals surface area contributed by atoms with E-state index in [1.54, 1.807) is 0 Å². The third-order valence-electron chi connectivity index (χ3n) is 2.55. The molecule has 0 aromatic rings. The van der Waals surface area contributed by atoms with Crippen LogP contribution in [-0.2, 0) is 4.74 Å². The summed E-state index contributed by atoms with van der Waals surface area (Å²) in [6.45, 7) is 14.0. The summed E-state index contributed by atoms with van der Waals surface area (Å²) in [7, 11) is 0. The average Bonchev–Trinajstić information content (AvgIpc) is 1.89. The van der Waals surface area contributed by atoms with Crippen LogP contribution in [0.4, 0.5) is 4.79 Å². The molecule has 4 heteroatoms. The Kier molecular flexibility index (Phi) is 3.53. The maximum atomic E-state index is 11.5. The van der Waals surface area contributed by atoms with E-state index < -0.39 is 5.60 Å². The molecule has 1 heterocycles. The van der Waals surface area contributed by atoms with Crippen molar-refractivity contribution in [1.82, 2.24) is 10.2 Å². The number of hydrogen-bond donors (Lipinski definition) is 1. The molecule has 1 N–H and O–H groups in total. The van der Waals surface area contributed by atoms with Crippen molar-refractivity contribution in [3.63, 3.8) is 0 Å². The number of ether oxygens (including phenoxy) is 1. The second-order valence-electron chi connectivity index (χ2n) is 6.42. The zero-order chi connectivity index (χ0) is 12.6. The first-order valence-electron chi connectivity index (χ1n) is 5.82. The van der Waals surface area contributed by atoms with Gasteiger partial charge in [-0.1, -0.05) is 0 Å². The maximum absolute atomic E-state index is 11.5. The Hall–Kier alpha value is -0.770. The van der Waals surface area contributed by atoms with Gasteiger partial charge in [0.2, 0.25) is 0 Å². The summed E-state index contributed by atoms with van der Waals surface area (Å²) in [4.78, 5) is 13.8. The van der Waals surface area contributed by atoms with Crippen LogP contribution in [-0.4, -0.2) is 41.3 Å². The van der Waals surface area contributed by atoms with Gasteiger partial charge in [-0.3, -0.25) is 4.90 Å². The number of likely N-dealkylation sites (tertiary alicyclic amines) is 1. The fraction of sp³-hybridized carbons (Fsp3) is 0.917. The number of rotatable bonds is 1. The third kappa shape index (κ3) is 4.00. The van der Waals surface area contributed by atoms with Crippen molar-refractivity contribution in [3.05, 3.63) is 0 Å². The van der Waals surface area contributed by atoms with E-state index in [1.165, 1.54) is 0 Å². The largest absolute Gasteiger partial charge is 0.444 e. The van der Waals surface area contributed by atoms with Gasteiger partial charge in [0.1, 0.15) is 5.60 Å². The Morgan fingerprint density at radius 1 is 1.19 bits per heavy atom. The second kappa shape index (κ2) is 4.24. The van der Waals surface area contributed by atoms with Crippen LogP contribution in [0, 0.1) is 0 Å². The van der Waals surface area contributed by atoms with Crippen LogP contribution in [0.1, 0.15) is 41.5 Å². The lowest BCUT2D eigenvalue weighted by atomic mass is 9.98. The highest BCUT2D eigenvalue weighted by atomic mass is 16.6. The fourth-order valence-electron chi connectivity index (χ4n) is 1.59. The van der Waals surface area contributed by atoms with Gasteiger partial charge in [0.25, 0.3) is 0 Å². The molecule has 16 heavy (non-hydrogen) atoms. The summed E-state index contributed by atoms with van der Waals surface area (Å²) in [5.74, 6) is 0. The van der Waals surface area contributed by atoms with Gasteiger partial charge in [-0.25, -0.2) is 4.79 Å². The van der Waals surface area contributed by atoms with Gasteiger partial charge in [0.15, 0.2) is 0 Å². The Morgan fingerprint density at radius 2 is 1.69 bits per heavy atom. The van der Waals surface area contributed by atoms with Crippen LogP contribution in [0.15, 0.2) is 0 Å². The molecule has 0 radical (unpaired) electrons. The van der Waals surface area contributed by atoms with E-state index in [0.29, 0.717) is 0 Å². The molecule has 0 bridgehead atoms. The van der Waals surface area contributed by atoms with Crippen molar-refractivity contribution in [2.24, 2.45) is 0 Å². The molecule has 1 rings (SSSR count). The van der Waals surface area contributed by atoms with Crippen LogP contribution in [0.3, 0.4) is 0 Å². The molecule has 0 aliphatic carbocycles. The zero-order valence-electron chi connectivity index (χ0n) is 11.3. The summed E-state index contributed by atoms with van der Waals surface area (Å²) >= 11 is 0. The molecule has 1 fully saturated rings. The van der Waals surface area contributed by atoms with E-state index in [0.717, 1.165) is 13.1 Å². The van der Waals surface area contributed by atoms with Gasteiger partial charge in [0, 0.05) is 18.6 Å². The van der Waals surface area contributed by atoms with Gasteiger partial charge < -0.3 is 10.1 Å². The molecule has 4 nitrogen and oxygen atoms in total. The Morgan fingerprint density at radius 3 is 2.06 bits per heavy atom. The molecular weight excluding hydrogens is 204 g/mol. The normalized spacial score (nSPS) is 19.1.